The van der Waals surface area contributed by atoms with Gasteiger partial charge in [-0.25, -0.2) is 0 Å². The van der Waals surface area contributed by atoms with E-state index >= 15 is 0 Å². The second-order valence-electron chi connectivity index (χ2n) is 8.38. The highest BCUT2D eigenvalue weighted by Gasteiger charge is 2.43. The number of rotatable bonds is 6. The molecule has 8 nitrogen and oxygen atoms in total. The molecule has 8 heteroatoms. The molecule has 6 rings (SSSR count). The van der Waals surface area contributed by atoms with Gasteiger partial charge in [0.25, 0.3) is 0 Å². The van der Waals surface area contributed by atoms with Gasteiger partial charge in [-0.1, -0.05) is 30.3 Å². The molecule has 4 aromatic heterocycles. The lowest BCUT2D eigenvalue weighted by molar-refractivity contribution is 0.647. The van der Waals surface area contributed by atoms with E-state index in [9.17, 15) is 0 Å². The zero-order valence-electron chi connectivity index (χ0n) is 18.1. The number of hydrogen-bond acceptors (Lipinski definition) is 5. The first-order valence-corrected chi connectivity index (χ1v) is 11.0. The van der Waals surface area contributed by atoms with Crippen molar-refractivity contribution in [2.45, 2.75) is 45.2 Å². The van der Waals surface area contributed by atoms with E-state index in [1.165, 1.54) is 5.56 Å². The van der Waals surface area contributed by atoms with Crippen LogP contribution in [0.15, 0.2) is 60.8 Å². The van der Waals surface area contributed by atoms with Crippen LogP contribution in [0, 0.1) is 6.92 Å². The Kier molecular flexibility index (Phi) is 4.38. The number of nitrogens with zero attached hydrogens (tertiary/aromatic N) is 8. The van der Waals surface area contributed by atoms with Crippen molar-refractivity contribution in [3.8, 4) is 11.4 Å². The molecule has 1 saturated carbocycles. The third kappa shape index (κ3) is 3.28. The van der Waals surface area contributed by atoms with E-state index in [0.29, 0.717) is 11.8 Å². The van der Waals surface area contributed by atoms with E-state index in [2.05, 4.69) is 59.7 Å². The minimum Gasteiger partial charge on any atom is -0.268 e. The number of aryl methyl sites for hydroxylation is 2. The third-order valence-corrected chi connectivity index (χ3v) is 6.18. The summed E-state index contributed by atoms with van der Waals surface area (Å²) in [4.78, 5) is 0. The molecule has 0 aliphatic heterocycles. The molecule has 0 radical (unpaired) electrons. The first kappa shape index (κ1) is 18.9. The van der Waals surface area contributed by atoms with Gasteiger partial charge in [0, 0.05) is 24.6 Å². The van der Waals surface area contributed by atoms with Crippen molar-refractivity contribution in [1.29, 1.82) is 0 Å². The molecule has 2 unspecified atom stereocenters. The van der Waals surface area contributed by atoms with Crippen LogP contribution in [0.3, 0.4) is 0 Å². The number of fused-ring (bicyclic) bond motifs is 1. The summed E-state index contributed by atoms with van der Waals surface area (Å²) in [6.07, 6.45) is 3.16. The molecule has 2 atom stereocenters. The lowest BCUT2D eigenvalue weighted by atomic mass is 10.2. The molecule has 1 aliphatic rings. The van der Waals surface area contributed by atoms with Crippen molar-refractivity contribution in [3.63, 3.8) is 0 Å². The van der Waals surface area contributed by atoms with Crippen LogP contribution in [-0.4, -0.2) is 39.4 Å². The van der Waals surface area contributed by atoms with Crippen LogP contribution >= 0.6 is 0 Å². The van der Waals surface area contributed by atoms with Crippen LogP contribution in [0.5, 0.6) is 0 Å². The molecule has 0 amide bonds. The lowest BCUT2D eigenvalue weighted by Gasteiger charge is -2.04. The third-order valence-electron chi connectivity index (χ3n) is 6.18. The van der Waals surface area contributed by atoms with Gasteiger partial charge >= 0.3 is 0 Å². The van der Waals surface area contributed by atoms with Crippen LogP contribution in [0.1, 0.15) is 48.0 Å². The highest BCUT2D eigenvalue weighted by atomic mass is 15.4. The van der Waals surface area contributed by atoms with Gasteiger partial charge in [0.15, 0.2) is 11.5 Å². The van der Waals surface area contributed by atoms with Crippen LogP contribution in [0.25, 0.3) is 17.0 Å². The fraction of sp³-hybridized carbons (Fsp3) is 0.292. The van der Waals surface area contributed by atoms with Gasteiger partial charge < -0.3 is 0 Å². The summed E-state index contributed by atoms with van der Waals surface area (Å²) in [5.41, 5.74) is 6.18. The van der Waals surface area contributed by atoms with E-state index in [0.717, 1.165) is 53.8 Å². The normalized spacial score (nSPS) is 17.8. The SMILES string of the molecule is CCn1nc(C2CC2c2ccn(Cc3ccccc3)n2)cc1-c1ccc2nnc(C)n2n1. The summed E-state index contributed by atoms with van der Waals surface area (Å²) in [6.45, 7) is 5.60. The molecule has 32 heavy (non-hydrogen) atoms. The summed E-state index contributed by atoms with van der Waals surface area (Å²) in [7, 11) is 0. The molecule has 5 aromatic rings. The smallest absolute Gasteiger partial charge is 0.177 e. The van der Waals surface area contributed by atoms with Crippen molar-refractivity contribution < 1.29 is 0 Å². The Bertz CT molecular complexity index is 1390. The van der Waals surface area contributed by atoms with Gasteiger partial charge in [-0.05, 0) is 50.1 Å². The minimum atomic E-state index is 0.405. The fourth-order valence-electron chi connectivity index (χ4n) is 4.38. The van der Waals surface area contributed by atoms with Crippen molar-refractivity contribution >= 4 is 5.65 Å². The molecule has 0 bridgehead atoms. The Morgan fingerprint density at radius 1 is 0.906 bits per heavy atom. The second kappa shape index (κ2) is 7.40. The molecule has 1 aromatic carbocycles. The van der Waals surface area contributed by atoms with Gasteiger partial charge in [0.05, 0.1) is 23.6 Å². The monoisotopic (exact) mass is 424 g/mol. The topological polar surface area (TPSA) is 78.7 Å². The zero-order chi connectivity index (χ0) is 21.7. The van der Waals surface area contributed by atoms with Crippen LogP contribution < -0.4 is 0 Å². The maximum atomic E-state index is 4.91. The van der Waals surface area contributed by atoms with Gasteiger partial charge in [0.1, 0.15) is 5.69 Å². The zero-order valence-corrected chi connectivity index (χ0v) is 18.1. The molecule has 4 heterocycles. The fourth-order valence-corrected chi connectivity index (χ4v) is 4.38. The largest absolute Gasteiger partial charge is 0.268 e. The summed E-state index contributed by atoms with van der Waals surface area (Å²) in [5, 5.41) is 22.7. The quantitative estimate of drug-likeness (QED) is 0.414. The molecule has 1 aliphatic carbocycles. The van der Waals surface area contributed by atoms with Crippen LogP contribution in [0.2, 0.25) is 0 Å². The molecule has 160 valence electrons. The van der Waals surface area contributed by atoms with Crippen molar-refractivity contribution in [2.24, 2.45) is 0 Å². The molecular weight excluding hydrogens is 400 g/mol. The average molecular weight is 425 g/mol. The highest BCUT2D eigenvalue weighted by molar-refractivity contribution is 5.57. The standard InChI is InChI=1S/C24H24N8/c1-3-31-23(21-9-10-24-26-25-16(2)32(24)29-21)14-22(28-31)19-13-18(19)20-11-12-30(27-20)15-17-7-5-4-6-8-17/h4-12,14,18-19H,3,13,15H2,1-2H3. The van der Waals surface area contributed by atoms with Crippen molar-refractivity contribution in [2.75, 3.05) is 0 Å². The van der Waals surface area contributed by atoms with Gasteiger partial charge in [-0.2, -0.15) is 19.8 Å². The summed E-state index contributed by atoms with van der Waals surface area (Å²) < 4.78 is 5.84. The van der Waals surface area contributed by atoms with E-state index < -0.39 is 0 Å². The Hall–Kier alpha value is -3.81. The molecule has 0 spiro atoms. The second-order valence-corrected chi connectivity index (χ2v) is 8.38. The van der Waals surface area contributed by atoms with E-state index in [1.54, 1.807) is 4.52 Å². The Balaban J connectivity index is 1.24. The Morgan fingerprint density at radius 3 is 2.59 bits per heavy atom. The minimum absolute atomic E-state index is 0.405. The van der Waals surface area contributed by atoms with Gasteiger partial charge in [-0.15, -0.1) is 10.2 Å². The number of aromatic nitrogens is 8. The molecule has 0 N–H and O–H groups in total. The molecule has 0 saturated heterocycles. The molecular formula is C24H24N8. The summed E-state index contributed by atoms with van der Waals surface area (Å²) in [5.74, 6) is 1.61. The van der Waals surface area contributed by atoms with Crippen molar-refractivity contribution in [1.82, 2.24) is 39.4 Å². The van der Waals surface area contributed by atoms with E-state index in [1.807, 2.05) is 34.5 Å². The van der Waals surface area contributed by atoms with E-state index in [-0.39, 0.29) is 0 Å². The van der Waals surface area contributed by atoms with Gasteiger partial charge in [0.2, 0.25) is 0 Å². The number of hydrogen-bond donors (Lipinski definition) is 0. The maximum Gasteiger partial charge on any atom is 0.177 e. The van der Waals surface area contributed by atoms with Crippen LogP contribution in [-0.2, 0) is 13.1 Å². The van der Waals surface area contributed by atoms with Crippen LogP contribution in [0.4, 0.5) is 0 Å². The summed E-state index contributed by atoms with van der Waals surface area (Å²) in [6, 6.07) is 18.7. The Labute approximate surface area is 185 Å². The predicted octanol–water partition coefficient (Wildman–Crippen LogP) is 3.83. The summed E-state index contributed by atoms with van der Waals surface area (Å²) >= 11 is 0. The first-order valence-electron chi connectivity index (χ1n) is 11.0. The number of benzene rings is 1. The maximum absolute atomic E-state index is 4.91. The van der Waals surface area contributed by atoms with E-state index in [4.69, 9.17) is 15.3 Å². The lowest BCUT2D eigenvalue weighted by Crippen LogP contribution is -2.03. The van der Waals surface area contributed by atoms with Gasteiger partial charge in [-0.3, -0.25) is 9.36 Å². The molecule has 1 fully saturated rings. The predicted molar refractivity (Wildman–Crippen MR) is 120 cm³/mol. The Morgan fingerprint density at radius 2 is 1.75 bits per heavy atom. The average Bonchev–Trinajstić information content (AvgIpc) is 3.13. The highest BCUT2D eigenvalue weighted by Crippen LogP contribution is 2.54. The first-order chi connectivity index (χ1) is 15.7. The van der Waals surface area contributed by atoms with Crippen molar-refractivity contribution in [3.05, 3.63) is 83.6 Å².